The number of amides is 4. The molecule has 2 saturated heterocycles. The van der Waals surface area contributed by atoms with Crippen molar-refractivity contribution in [2.75, 3.05) is 33.7 Å². The van der Waals surface area contributed by atoms with Crippen LogP contribution in [-0.2, 0) is 9.59 Å². The van der Waals surface area contributed by atoms with Gasteiger partial charge in [-0.25, -0.2) is 19.3 Å². The van der Waals surface area contributed by atoms with Crippen LogP contribution in [0.1, 0.15) is 11.8 Å². The van der Waals surface area contributed by atoms with E-state index in [1.807, 2.05) is 0 Å². The highest BCUT2D eigenvalue weighted by atomic mass is 16.5. The van der Waals surface area contributed by atoms with Gasteiger partial charge in [0, 0.05) is 39.6 Å². The van der Waals surface area contributed by atoms with Gasteiger partial charge in [-0.3, -0.25) is 19.4 Å². The van der Waals surface area contributed by atoms with Crippen LogP contribution in [0.3, 0.4) is 0 Å². The van der Waals surface area contributed by atoms with Gasteiger partial charge in [0.1, 0.15) is 0 Å². The molecule has 0 aromatic carbocycles. The maximum absolute atomic E-state index is 12.7. The average molecular weight is 424 g/mol. The van der Waals surface area contributed by atoms with Crippen LogP contribution in [0.4, 0.5) is 4.79 Å². The van der Waals surface area contributed by atoms with Gasteiger partial charge in [0.05, 0.1) is 5.92 Å². The number of imide groups is 1. The van der Waals surface area contributed by atoms with Gasteiger partial charge in [-0.15, -0.1) is 0 Å². The molecule has 13 nitrogen and oxygen atoms in total. The molecule has 2 aromatic heterocycles. The monoisotopic (exact) mass is 424 g/mol. The first kappa shape index (κ1) is 19.0. The third-order valence-corrected chi connectivity index (χ3v) is 5.51. The first-order chi connectivity index (χ1) is 14.9. The number of rotatable bonds is 4. The molecule has 3 aliphatic rings. The predicted octanol–water partition coefficient (Wildman–Crippen LogP) is -1.20. The van der Waals surface area contributed by atoms with Crippen molar-refractivity contribution in [3.8, 4) is 11.6 Å². The van der Waals surface area contributed by atoms with E-state index >= 15 is 0 Å². The standard InChI is InChI=1S/C18H18N9O4/c1-24-15-12(17(29)25(2)18(24)30)27(9-21-15)8-11(28)26-6-10(7-26)16-22-14(23-31-16)13-19-4-3-5-20-13/h3-5,9-10,12H,6-8H2,1-2H3/q+1. The highest BCUT2D eigenvalue weighted by Gasteiger charge is 2.51. The second kappa shape index (κ2) is 7.04. The molecule has 1 atom stereocenters. The molecule has 5 heterocycles. The largest absolute Gasteiger partial charge is 0.338 e. The zero-order valence-electron chi connectivity index (χ0n) is 16.7. The molecule has 0 N–H and O–H groups in total. The molecule has 3 aliphatic heterocycles. The number of likely N-dealkylation sites (N-methyl/N-ethyl adjacent to an activating group) is 2. The summed E-state index contributed by atoms with van der Waals surface area (Å²) in [5.74, 6) is 0.773. The molecule has 158 valence electrons. The molecule has 2 aromatic rings. The third-order valence-electron chi connectivity index (χ3n) is 5.51. The van der Waals surface area contributed by atoms with Crippen molar-refractivity contribution in [3.63, 3.8) is 0 Å². The SMILES string of the molecule is CN1C(=O)C2C(=NC=[N+]2CC(=O)N2CC(c3nc(-c4ncccn4)no3)C2)N(C)C1=O. The fourth-order valence-corrected chi connectivity index (χ4v) is 3.68. The van der Waals surface area contributed by atoms with Crippen molar-refractivity contribution in [2.45, 2.75) is 12.0 Å². The predicted molar refractivity (Wildman–Crippen MR) is 103 cm³/mol. The average Bonchev–Trinajstić information content (AvgIpc) is 3.38. The van der Waals surface area contributed by atoms with Crippen LogP contribution >= 0.6 is 0 Å². The summed E-state index contributed by atoms with van der Waals surface area (Å²) in [5, 5.41) is 3.90. The van der Waals surface area contributed by atoms with Crippen molar-refractivity contribution in [2.24, 2.45) is 4.99 Å². The molecular formula is C18H18N9O4+. The quantitative estimate of drug-likeness (QED) is 0.557. The molecule has 0 radical (unpaired) electrons. The lowest BCUT2D eigenvalue weighted by molar-refractivity contribution is -0.521. The van der Waals surface area contributed by atoms with Gasteiger partial charge >= 0.3 is 6.03 Å². The fraction of sp³-hybridized carbons (Fsp3) is 0.389. The first-order valence-electron chi connectivity index (χ1n) is 9.55. The Kier molecular flexibility index (Phi) is 4.30. The van der Waals surface area contributed by atoms with E-state index in [-0.39, 0.29) is 18.4 Å². The number of hydrogen-bond acceptors (Lipinski definition) is 9. The van der Waals surface area contributed by atoms with Crippen molar-refractivity contribution in [1.82, 2.24) is 34.8 Å². The van der Waals surface area contributed by atoms with Crippen LogP contribution < -0.4 is 0 Å². The Morgan fingerprint density at radius 3 is 2.65 bits per heavy atom. The van der Waals surface area contributed by atoms with Gasteiger partial charge in [0.25, 0.3) is 30.0 Å². The number of carbonyl (C=O) groups excluding carboxylic acids is 3. The highest BCUT2D eigenvalue weighted by Crippen LogP contribution is 2.27. The zero-order valence-corrected chi connectivity index (χ0v) is 16.7. The second-order valence-corrected chi connectivity index (χ2v) is 7.44. The van der Waals surface area contributed by atoms with Gasteiger partial charge in [0.15, 0.2) is 6.54 Å². The Labute approximate surface area is 175 Å². The van der Waals surface area contributed by atoms with E-state index in [0.717, 1.165) is 4.90 Å². The molecule has 0 spiro atoms. The first-order valence-corrected chi connectivity index (χ1v) is 9.55. The Bertz CT molecular complexity index is 1140. The van der Waals surface area contributed by atoms with E-state index < -0.39 is 18.0 Å². The number of hydrogen-bond donors (Lipinski definition) is 0. The van der Waals surface area contributed by atoms with E-state index in [2.05, 4.69) is 25.1 Å². The van der Waals surface area contributed by atoms with Gasteiger partial charge in [0.2, 0.25) is 17.5 Å². The molecule has 2 fully saturated rings. The molecule has 5 rings (SSSR count). The third kappa shape index (κ3) is 3.05. The Morgan fingerprint density at radius 1 is 1.16 bits per heavy atom. The zero-order chi connectivity index (χ0) is 21.7. The van der Waals surface area contributed by atoms with Gasteiger partial charge in [-0.05, 0) is 11.1 Å². The van der Waals surface area contributed by atoms with E-state index in [4.69, 9.17) is 4.52 Å². The Morgan fingerprint density at radius 2 is 1.90 bits per heavy atom. The highest BCUT2D eigenvalue weighted by molar-refractivity contribution is 6.21. The lowest BCUT2D eigenvalue weighted by atomic mass is 10.00. The summed E-state index contributed by atoms with van der Waals surface area (Å²) in [5.41, 5.74) is 0. The van der Waals surface area contributed by atoms with E-state index in [1.165, 1.54) is 18.3 Å². The lowest BCUT2D eigenvalue weighted by Crippen LogP contribution is -2.62. The minimum absolute atomic E-state index is 0.0288. The van der Waals surface area contributed by atoms with Crippen molar-refractivity contribution >= 4 is 30.0 Å². The van der Waals surface area contributed by atoms with Crippen molar-refractivity contribution in [3.05, 3.63) is 24.4 Å². The van der Waals surface area contributed by atoms with Crippen LogP contribution in [0.2, 0.25) is 0 Å². The topological polar surface area (TPSA) is 141 Å². The molecule has 13 heteroatoms. The van der Waals surface area contributed by atoms with Crippen LogP contribution in [0.25, 0.3) is 11.6 Å². The molecule has 0 aliphatic carbocycles. The summed E-state index contributed by atoms with van der Waals surface area (Å²) in [6.45, 7) is 0.822. The van der Waals surface area contributed by atoms with Crippen LogP contribution in [0, 0.1) is 0 Å². The lowest BCUT2D eigenvalue weighted by Gasteiger charge is -2.37. The van der Waals surface area contributed by atoms with Gasteiger partial charge < -0.3 is 9.42 Å². The van der Waals surface area contributed by atoms with Crippen LogP contribution in [0.15, 0.2) is 28.0 Å². The molecule has 1 unspecified atom stereocenters. The van der Waals surface area contributed by atoms with E-state index in [0.29, 0.717) is 36.5 Å². The maximum atomic E-state index is 12.7. The normalized spacial score (nSPS) is 21.1. The maximum Gasteiger partial charge on any atom is 0.333 e. The number of carbonyl (C=O) groups is 3. The number of aliphatic imine (C=N–C) groups is 1. The summed E-state index contributed by atoms with van der Waals surface area (Å²) >= 11 is 0. The van der Waals surface area contributed by atoms with Crippen LogP contribution in [-0.4, -0.2) is 109 Å². The summed E-state index contributed by atoms with van der Waals surface area (Å²) in [4.78, 5) is 58.0. The number of fused-ring (bicyclic) bond motifs is 1. The molecule has 4 amide bonds. The molecule has 0 saturated carbocycles. The Balaban J connectivity index is 1.20. The fourth-order valence-electron chi connectivity index (χ4n) is 3.68. The summed E-state index contributed by atoms with van der Waals surface area (Å²) in [7, 11) is 2.96. The van der Waals surface area contributed by atoms with E-state index in [1.54, 1.807) is 35.0 Å². The summed E-state index contributed by atoms with van der Waals surface area (Å²) in [6, 6.07) is 0.464. The number of nitrogens with zero attached hydrogens (tertiary/aromatic N) is 9. The smallest absolute Gasteiger partial charge is 0.333 e. The number of amidine groups is 1. The summed E-state index contributed by atoms with van der Waals surface area (Å²) in [6.07, 6.45) is 4.62. The minimum Gasteiger partial charge on any atom is -0.338 e. The number of urea groups is 1. The van der Waals surface area contributed by atoms with E-state index in [9.17, 15) is 14.4 Å². The van der Waals surface area contributed by atoms with Crippen molar-refractivity contribution in [1.29, 1.82) is 0 Å². The minimum atomic E-state index is -0.780. The van der Waals surface area contributed by atoms with Crippen molar-refractivity contribution < 1.29 is 23.5 Å². The van der Waals surface area contributed by atoms with Crippen LogP contribution in [0.5, 0.6) is 0 Å². The molecule has 31 heavy (non-hydrogen) atoms. The summed E-state index contributed by atoms with van der Waals surface area (Å²) < 4.78 is 6.85. The number of likely N-dealkylation sites (tertiary alicyclic amines) is 1. The second-order valence-electron chi connectivity index (χ2n) is 7.44. The van der Waals surface area contributed by atoms with Gasteiger partial charge in [-0.2, -0.15) is 4.98 Å². The van der Waals surface area contributed by atoms with Gasteiger partial charge in [-0.1, -0.05) is 5.16 Å². The molecular weight excluding hydrogens is 406 g/mol. The Hall–Kier alpha value is -4.03. The molecule has 0 bridgehead atoms. The number of aromatic nitrogens is 4.